The van der Waals surface area contributed by atoms with Gasteiger partial charge in [-0.3, -0.25) is 9.69 Å². The van der Waals surface area contributed by atoms with Crippen LogP contribution in [0.15, 0.2) is 23.8 Å². The Morgan fingerprint density at radius 3 is 2.46 bits per heavy atom. The first-order chi connectivity index (χ1) is 12.4. The normalized spacial score (nSPS) is 15.9. The molecular formula is C19H25NO6. The number of Topliss-reactive ketones (excluding diaryl/α,β-unsaturated/α-hetero) is 1. The fourth-order valence-corrected chi connectivity index (χ4v) is 2.99. The van der Waals surface area contributed by atoms with Crippen LogP contribution in [0.3, 0.4) is 0 Å². The summed E-state index contributed by atoms with van der Waals surface area (Å²) in [6, 6.07) is 4.33. The Bertz CT molecular complexity index is 675. The summed E-state index contributed by atoms with van der Waals surface area (Å²) in [5.41, 5.74) is -0.0534. The SMILES string of the molecule is COc1cc(/C(OCCN2CCCCC2)=C(\C(C)=O)C(=O)O)ccc1O. The average Bonchev–Trinajstić information content (AvgIpc) is 2.61. The van der Waals surface area contributed by atoms with Crippen LogP contribution >= 0.6 is 0 Å². The Kier molecular flexibility index (Phi) is 7.03. The number of benzene rings is 1. The molecule has 0 unspecified atom stereocenters. The van der Waals surface area contributed by atoms with E-state index in [0.717, 1.165) is 25.9 Å². The van der Waals surface area contributed by atoms with Gasteiger partial charge in [-0.2, -0.15) is 0 Å². The van der Waals surface area contributed by atoms with E-state index in [9.17, 15) is 19.8 Å². The number of likely N-dealkylation sites (tertiary alicyclic amines) is 1. The Morgan fingerprint density at radius 2 is 1.88 bits per heavy atom. The zero-order valence-corrected chi connectivity index (χ0v) is 15.2. The second-order valence-corrected chi connectivity index (χ2v) is 6.20. The lowest BCUT2D eigenvalue weighted by Gasteiger charge is -2.26. The molecule has 26 heavy (non-hydrogen) atoms. The number of ketones is 1. The highest BCUT2D eigenvalue weighted by atomic mass is 16.5. The minimum atomic E-state index is -1.35. The van der Waals surface area contributed by atoms with Crippen molar-refractivity contribution in [2.24, 2.45) is 0 Å². The average molecular weight is 363 g/mol. The second kappa shape index (κ2) is 9.24. The van der Waals surface area contributed by atoms with Crippen LogP contribution in [0.2, 0.25) is 0 Å². The summed E-state index contributed by atoms with van der Waals surface area (Å²) in [5, 5.41) is 19.2. The van der Waals surface area contributed by atoms with E-state index in [0.29, 0.717) is 12.1 Å². The third kappa shape index (κ3) is 4.98. The largest absolute Gasteiger partial charge is 0.504 e. The zero-order valence-electron chi connectivity index (χ0n) is 15.2. The van der Waals surface area contributed by atoms with E-state index in [1.165, 1.54) is 38.7 Å². The number of carboxylic acids is 1. The molecule has 1 aromatic rings. The van der Waals surface area contributed by atoms with E-state index in [-0.39, 0.29) is 23.9 Å². The van der Waals surface area contributed by atoms with Gasteiger partial charge in [0.05, 0.1) is 7.11 Å². The van der Waals surface area contributed by atoms with Crippen molar-refractivity contribution in [3.8, 4) is 11.5 Å². The van der Waals surface area contributed by atoms with Crippen molar-refractivity contribution in [1.82, 2.24) is 4.90 Å². The first kappa shape index (κ1) is 19.8. The van der Waals surface area contributed by atoms with Gasteiger partial charge in [0.25, 0.3) is 0 Å². The maximum atomic E-state index is 11.9. The van der Waals surface area contributed by atoms with E-state index in [1.54, 1.807) is 0 Å². The highest BCUT2D eigenvalue weighted by Gasteiger charge is 2.23. The second-order valence-electron chi connectivity index (χ2n) is 6.20. The summed E-state index contributed by atoms with van der Waals surface area (Å²) in [6.07, 6.45) is 3.51. The first-order valence-corrected chi connectivity index (χ1v) is 8.65. The molecule has 0 saturated carbocycles. The van der Waals surface area contributed by atoms with Crippen LogP contribution in [0, 0.1) is 0 Å². The van der Waals surface area contributed by atoms with Gasteiger partial charge >= 0.3 is 5.97 Å². The molecule has 1 saturated heterocycles. The Balaban J connectivity index is 2.28. The molecule has 0 atom stereocenters. The third-order valence-corrected chi connectivity index (χ3v) is 4.34. The first-order valence-electron chi connectivity index (χ1n) is 8.65. The van der Waals surface area contributed by atoms with Gasteiger partial charge in [-0.15, -0.1) is 0 Å². The monoisotopic (exact) mass is 363 g/mol. The molecule has 1 fully saturated rings. The molecule has 142 valence electrons. The Labute approximate surface area is 152 Å². The molecule has 0 aliphatic carbocycles. The number of carbonyl (C=O) groups is 2. The van der Waals surface area contributed by atoms with Gasteiger partial charge in [-0.05, 0) is 51.1 Å². The summed E-state index contributed by atoms with van der Waals surface area (Å²) < 4.78 is 10.8. The topological polar surface area (TPSA) is 96.3 Å². The number of nitrogens with zero attached hydrogens (tertiary/aromatic N) is 1. The zero-order chi connectivity index (χ0) is 19.1. The number of phenols is 1. The highest BCUT2D eigenvalue weighted by Crippen LogP contribution is 2.31. The van der Waals surface area contributed by atoms with Gasteiger partial charge in [-0.1, -0.05) is 6.42 Å². The molecule has 1 aliphatic heterocycles. The predicted molar refractivity (Wildman–Crippen MR) is 96.1 cm³/mol. The van der Waals surface area contributed by atoms with Gasteiger partial charge in [0, 0.05) is 12.1 Å². The number of aromatic hydroxyl groups is 1. The third-order valence-electron chi connectivity index (χ3n) is 4.34. The van der Waals surface area contributed by atoms with Gasteiger partial charge in [0.1, 0.15) is 17.9 Å². The van der Waals surface area contributed by atoms with Gasteiger partial charge in [-0.25, -0.2) is 4.79 Å². The van der Waals surface area contributed by atoms with Gasteiger partial charge in [0.15, 0.2) is 17.3 Å². The standard InChI is InChI=1S/C19H25NO6/c1-13(21)17(19(23)24)18(14-6-7-15(22)16(12-14)25-2)26-11-10-20-8-4-3-5-9-20/h6-7,12,22H,3-5,8-11H2,1-2H3,(H,23,24)/b18-17-. The van der Waals surface area contributed by atoms with Crippen molar-refractivity contribution in [1.29, 1.82) is 0 Å². The molecule has 2 rings (SSSR count). The van der Waals surface area contributed by atoms with Crippen LogP contribution in [0.1, 0.15) is 31.7 Å². The van der Waals surface area contributed by atoms with Crippen LogP contribution in [-0.2, 0) is 14.3 Å². The molecule has 1 aromatic carbocycles. The summed E-state index contributed by atoms with van der Waals surface area (Å²) in [6.45, 7) is 4.10. The highest BCUT2D eigenvalue weighted by molar-refractivity contribution is 6.20. The minimum absolute atomic E-state index is 0.0136. The molecule has 7 heteroatoms. The fraction of sp³-hybridized carbons (Fsp3) is 0.474. The number of methoxy groups -OCH3 is 1. The number of hydrogen-bond donors (Lipinski definition) is 2. The maximum absolute atomic E-state index is 11.9. The molecule has 0 bridgehead atoms. The van der Waals surface area contributed by atoms with Crippen molar-refractivity contribution < 1.29 is 29.3 Å². The maximum Gasteiger partial charge on any atom is 0.343 e. The number of rotatable bonds is 8. The van der Waals surface area contributed by atoms with E-state index >= 15 is 0 Å². The van der Waals surface area contributed by atoms with Crippen molar-refractivity contribution in [2.75, 3.05) is 33.4 Å². The summed E-state index contributed by atoms with van der Waals surface area (Å²) in [4.78, 5) is 25.7. The molecule has 0 radical (unpaired) electrons. The molecule has 0 spiro atoms. The summed E-state index contributed by atoms with van der Waals surface area (Å²) >= 11 is 0. The van der Waals surface area contributed by atoms with Crippen LogP contribution in [-0.4, -0.2) is 60.2 Å². The lowest BCUT2D eigenvalue weighted by molar-refractivity contribution is -0.134. The van der Waals surface area contributed by atoms with Crippen molar-refractivity contribution in [3.63, 3.8) is 0 Å². The van der Waals surface area contributed by atoms with E-state index in [1.807, 2.05) is 0 Å². The lowest BCUT2D eigenvalue weighted by Crippen LogP contribution is -2.32. The van der Waals surface area contributed by atoms with Crippen molar-refractivity contribution in [2.45, 2.75) is 26.2 Å². The summed E-state index contributed by atoms with van der Waals surface area (Å²) in [7, 11) is 1.39. The fourth-order valence-electron chi connectivity index (χ4n) is 2.99. The summed E-state index contributed by atoms with van der Waals surface area (Å²) in [5.74, 6) is -1.87. The number of hydrogen-bond acceptors (Lipinski definition) is 6. The minimum Gasteiger partial charge on any atom is -0.504 e. The van der Waals surface area contributed by atoms with Crippen LogP contribution < -0.4 is 4.74 Å². The molecule has 2 N–H and O–H groups in total. The number of phenolic OH excluding ortho intramolecular Hbond substituents is 1. The predicted octanol–water partition coefficient (Wildman–Crippen LogP) is 2.29. The molecular weight excluding hydrogens is 338 g/mol. The molecule has 0 amide bonds. The van der Waals surface area contributed by atoms with Gasteiger partial charge < -0.3 is 19.7 Å². The molecule has 1 heterocycles. The molecule has 0 aromatic heterocycles. The van der Waals surface area contributed by atoms with E-state index in [4.69, 9.17) is 9.47 Å². The number of aliphatic carboxylic acids is 1. The van der Waals surface area contributed by atoms with Crippen molar-refractivity contribution >= 4 is 17.5 Å². The quantitative estimate of drug-likeness (QED) is 0.317. The number of carboxylic acid groups (broad SMARTS) is 1. The van der Waals surface area contributed by atoms with Crippen LogP contribution in [0.4, 0.5) is 0 Å². The molecule has 7 nitrogen and oxygen atoms in total. The smallest absolute Gasteiger partial charge is 0.343 e. The lowest BCUT2D eigenvalue weighted by atomic mass is 10.0. The Morgan fingerprint density at radius 1 is 1.19 bits per heavy atom. The van der Waals surface area contributed by atoms with Crippen LogP contribution in [0.25, 0.3) is 5.76 Å². The molecule has 1 aliphatic rings. The van der Waals surface area contributed by atoms with Crippen LogP contribution in [0.5, 0.6) is 11.5 Å². The van der Waals surface area contributed by atoms with E-state index in [2.05, 4.69) is 4.90 Å². The number of ether oxygens (including phenoxy) is 2. The van der Waals surface area contributed by atoms with Gasteiger partial charge in [0.2, 0.25) is 0 Å². The number of piperidine rings is 1. The Hall–Kier alpha value is -2.54. The number of carbonyl (C=O) groups excluding carboxylic acids is 1. The van der Waals surface area contributed by atoms with E-state index < -0.39 is 17.3 Å². The van der Waals surface area contributed by atoms with Crippen molar-refractivity contribution in [3.05, 3.63) is 29.3 Å².